The maximum Gasteiger partial charge on any atom is 0.192 e. The molecule has 0 spiro atoms. The van der Waals surface area contributed by atoms with Gasteiger partial charge < -0.3 is 4.42 Å². The lowest BCUT2D eigenvalue weighted by Gasteiger charge is -1.97. The predicted octanol–water partition coefficient (Wildman–Crippen LogP) is 3.28. The number of aryl methyl sites for hydroxylation is 1. The van der Waals surface area contributed by atoms with Gasteiger partial charge in [0.05, 0.1) is 6.20 Å². The molecule has 0 fully saturated rings. The van der Waals surface area contributed by atoms with Crippen molar-refractivity contribution in [2.45, 2.75) is 17.7 Å². The van der Waals surface area contributed by atoms with E-state index in [0.29, 0.717) is 5.09 Å². The molecule has 1 aromatic heterocycles. The second-order valence-corrected chi connectivity index (χ2v) is 3.77. The van der Waals surface area contributed by atoms with E-state index >= 15 is 0 Å². The van der Waals surface area contributed by atoms with Crippen molar-refractivity contribution >= 4 is 11.8 Å². The minimum atomic E-state index is -1.15. The Hall–Kier alpha value is -1.22. The molecule has 2 rings (SSSR count). The molecule has 1 aromatic carbocycles. The standard InChI is InChI=1S/C11H11NOS/c1-9-12-7-11(13-9)14-8-10-5-3-2-4-6-10/h2-7H,8H2,1H3/i1D2. The number of hydrogen-bond acceptors (Lipinski definition) is 3. The predicted molar refractivity (Wildman–Crippen MR) is 57.2 cm³/mol. The van der Waals surface area contributed by atoms with Gasteiger partial charge in [-0.25, -0.2) is 4.98 Å². The molecule has 0 aliphatic rings. The van der Waals surface area contributed by atoms with Gasteiger partial charge >= 0.3 is 0 Å². The third kappa shape index (κ3) is 2.39. The van der Waals surface area contributed by atoms with E-state index in [0.717, 1.165) is 5.75 Å². The maximum absolute atomic E-state index is 7.13. The van der Waals surface area contributed by atoms with E-state index in [9.17, 15) is 0 Å². The van der Waals surface area contributed by atoms with Gasteiger partial charge in [0.25, 0.3) is 0 Å². The van der Waals surface area contributed by atoms with Gasteiger partial charge in [-0.05, 0) is 5.56 Å². The summed E-state index contributed by atoms with van der Waals surface area (Å²) in [5, 5.41) is 0.656. The van der Waals surface area contributed by atoms with E-state index in [1.165, 1.54) is 17.3 Å². The summed E-state index contributed by atoms with van der Waals surface area (Å²) < 4.78 is 19.5. The zero-order valence-electron chi connectivity index (χ0n) is 9.51. The third-order valence-corrected chi connectivity index (χ3v) is 2.68. The molecule has 72 valence electrons. The van der Waals surface area contributed by atoms with Crippen molar-refractivity contribution in [3.63, 3.8) is 0 Å². The monoisotopic (exact) mass is 207 g/mol. The van der Waals surface area contributed by atoms with Gasteiger partial charge in [-0.3, -0.25) is 0 Å². The van der Waals surface area contributed by atoms with Crippen LogP contribution in [0.15, 0.2) is 46.0 Å². The molecule has 0 aliphatic carbocycles. The zero-order valence-corrected chi connectivity index (χ0v) is 8.33. The van der Waals surface area contributed by atoms with Gasteiger partial charge in [-0.2, -0.15) is 0 Å². The van der Waals surface area contributed by atoms with Crippen LogP contribution in [0.2, 0.25) is 0 Å². The van der Waals surface area contributed by atoms with Crippen LogP contribution in [0.4, 0.5) is 0 Å². The summed E-state index contributed by atoms with van der Waals surface area (Å²) in [6.45, 7) is -1.15. The van der Waals surface area contributed by atoms with Gasteiger partial charge in [0.1, 0.15) is 0 Å². The van der Waals surface area contributed by atoms with Crippen LogP contribution in [-0.2, 0) is 5.75 Å². The smallest absolute Gasteiger partial charge is 0.192 e. The van der Waals surface area contributed by atoms with E-state index in [-0.39, 0.29) is 5.89 Å². The first kappa shape index (κ1) is 7.12. The van der Waals surface area contributed by atoms with Gasteiger partial charge in [0.2, 0.25) is 0 Å². The second kappa shape index (κ2) is 4.33. The molecule has 2 nitrogen and oxygen atoms in total. The Morgan fingerprint density at radius 3 is 3.00 bits per heavy atom. The summed E-state index contributed by atoms with van der Waals surface area (Å²) in [7, 11) is 0. The first-order valence-corrected chi connectivity index (χ1v) is 5.21. The quantitative estimate of drug-likeness (QED) is 0.722. The molecule has 0 atom stereocenters. The Morgan fingerprint density at radius 2 is 2.29 bits per heavy atom. The molecule has 0 bridgehead atoms. The van der Waals surface area contributed by atoms with E-state index in [4.69, 9.17) is 7.16 Å². The molecule has 0 N–H and O–H groups in total. The number of benzene rings is 1. The molecule has 0 saturated carbocycles. The first-order valence-electron chi connectivity index (χ1n) is 5.38. The lowest BCUT2D eigenvalue weighted by atomic mass is 10.2. The molecular formula is C11H11NOS. The van der Waals surface area contributed by atoms with Crippen LogP contribution in [0, 0.1) is 6.88 Å². The molecular weight excluding hydrogens is 194 g/mol. The SMILES string of the molecule is [2H]C([2H])c1ncc(SCc2ccccc2)o1. The lowest BCUT2D eigenvalue weighted by Crippen LogP contribution is -1.77. The first-order chi connectivity index (χ1) is 7.75. The van der Waals surface area contributed by atoms with Crippen LogP contribution in [-0.4, -0.2) is 4.98 Å². The summed E-state index contributed by atoms with van der Waals surface area (Å²) in [5.74, 6) is 0.950. The summed E-state index contributed by atoms with van der Waals surface area (Å²) in [5.41, 5.74) is 1.21. The molecule has 0 radical (unpaired) electrons. The fourth-order valence-corrected chi connectivity index (χ4v) is 1.84. The lowest BCUT2D eigenvalue weighted by molar-refractivity contribution is 0.441. The van der Waals surface area contributed by atoms with Crippen LogP contribution >= 0.6 is 11.8 Å². The number of rotatable bonds is 3. The van der Waals surface area contributed by atoms with Crippen molar-refractivity contribution in [3.05, 3.63) is 48.0 Å². The van der Waals surface area contributed by atoms with Crippen LogP contribution in [0.25, 0.3) is 0 Å². The van der Waals surface area contributed by atoms with Gasteiger partial charge in [0.15, 0.2) is 11.0 Å². The molecule has 0 aliphatic heterocycles. The highest BCUT2D eigenvalue weighted by molar-refractivity contribution is 7.98. The van der Waals surface area contributed by atoms with Crippen molar-refractivity contribution < 1.29 is 7.16 Å². The molecule has 2 aromatic rings. The second-order valence-electron chi connectivity index (χ2n) is 2.79. The van der Waals surface area contributed by atoms with Crippen LogP contribution in [0.3, 0.4) is 0 Å². The van der Waals surface area contributed by atoms with Crippen LogP contribution < -0.4 is 0 Å². The number of thioether (sulfide) groups is 1. The summed E-state index contributed by atoms with van der Waals surface area (Å²) in [6.07, 6.45) is 1.57. The van der Waals surface area contributed by atoms with E-state index in [2.05, 4.69) is 4.98 Å². The Morgan fingerprint density at radius 1 is 1.43 bits per heavy atom. The van der Waals surface area contributed by atoms with Crippen molar-refractivity contribution in [3.8, 4) is 0 Å². The van der Waals surface area contributed by atoms with Crippen molar-refractivity contribution in [2.24, 2.45) is 0 Å². The minimum absolute atomic E-state index is 0.149. The molecule has 0 saturated heterocycles. The fourth-order valence-electron chi connectivity index (χ4n) is 1.07. The number of nitrogens with zero attached hydrogens (tertiary/aromatic N) is 1. The Kier molecular flexibility index (Phi) is 2.20. The molecule has 14 heavy (non-hydrogen) atoms. The normalized spacial score (nSPS) is 12.6. The average molecular weight is 207 g/mol. The highest BCUT2D eigenvalue weighted by Crippen LogP contribution is 2.22. The summed E-state index contributed by atoms with van der Waals surface area (Å²) >= 11 is 1.52. The highest BCUT2D eigenvalue weighted by atomic mass is 32.2. The maximum atomic E-state index is 7.13. The van der Waals surface area contributed by atoms with E-state index in [1.54, 1.807) is 6.20 Å². The Balaban J connectivity index is 1.95. The van der Waals surface area contributed by atoms with Crippen molar-refractivity contribution in [2.75, 3.05) is 0 Å². The van der Waals surface area contributed by atoms with Crippen molar-refractivity contribution in [1.82, 2.24) is 4.98 Å². The summed E-state index contributed by atoms with van der Waals surface area (Å²) in [6, 6.07) is 10.0. The van der Waals surface area contributed by atoms with Crippen molar-refractivity contribution in [1.29, 1.82) is 0 Å². The molecule has 0 unspecified atom stereocenters. The number of hydrogen-bond donors (Lipinski definition) is 0. The highest BCUT2D eigenvalue weighted by Gasteiger charge is 2.00. The van der Waals surface area contributed by atoms with E-state index in [1.807, 2.05) is 30.3 Å². The van der Waals surface area contributed by atoms with Gasteiger partial charge in [-0.1, -0.05) is 42.1 Å². The van der Waals surface area contributed by atoms with Crippen LogP contribution in [0.5, 0.6) is 0 Å². The van der Waals surface area contributed by atoms with E-state index < -0.39 is 6.88 Å². The largest absolute Gasteiger partial charge is 0.435 e. The topological polar surface area (TPSA) is 26.0 Å². The zero-order chi connectivity index (χ0) is 11.4. The third-order valence-electron chi connectivity index (χ3n) is 1.73. The molecule has 1 heterocycles. The number of aromatic nitrogens is 1. The molecule has 3 heteroatoms. The minimum Gasteiger partial charge on any atom is -0.435 e. The number of oxazole rings is 1. The van der Waals surface area contributed by atoms with Gasteiger partial charge in [0, 0.05) is 15.4 Å². The average Bonchev–Trinajstić information content (AvgIpc) is 2.76. The Labute approximate surface area is 90.2 Å². The fraction of sp³-hybridized carbons (Fsp3) is 0.182. The summed E-state index contributed by atoms with van der Waals surface area (Å²) in [4.78, 5) is 3.87. The van der Waals surface area contributed by atoms with Gasteiger partial charge in [-0.15, -0.1) is 0 Å². The Bertz CT molecular complexity index is 444. The van der Waals surface area contributed by atoms with Crippen LogP contribution in [0.1, 0.15) is 14.2 Å². The molecule has 0 amide bonds.